The summed E-state index contributed by atoms with van der Waals surface area (Å²) in [4.78, 5) is 16.7. The van der Waals surface area contributed by atoms with Gasteiger partial charge in [0, 0.05) is 21.8 Å². The summed E-state index contributed by atoms with van der Waals surface area (Å²) in [5.74, 6) is -0.422. The van der Waals surface area contributed by atoms with E-state index in [1.54, 1.807) is 23.5 Å². The molecule has 2 N–H and O–H groups in total. The third-order valence-corrected chi connectivity index (χ3v) is 5.03. The highest BCUT2D eigenvalue weighted by molar-refractivity contribution is 9.10. The number of hydrogen-bond acceptors (Lipinski definition) is 3. The number of imidazole rings is 1. The van der Waals surface area contributed by atoms with Crippen molar-refractivity contribution in [3.63, 3.8) is 0 Å². The monoisotopic (exact) mass is 371 g/mol. The van der Waals surface area contributed by atoms with Gasteiger partial charge in [-0.15, -0.1) is 0 Å². The lowest BCUT2D eigenvalue weighted by Gasteiger charge is -1.98. The van der Waals surface area contributed by atoms with Crippen molar-refractivity contribution in [2.45, 2.75) is 0 Å². The number of rotatable bonds is 2. The zero-order valence-corrected chi connectivity index (χ0v) is 13.7. The van der Waals surface area contributed by atoms with Crippen LogP contribution in [0.3, 0.4) is 0 Å². The molecule has 2 heterocycles. The molecule has 0 aliphatic carbocycles. The van der Waals surface area contributed by atoms with Crippen LogP contribution in [0.25, 0.3) is 26.4 Å². The fourth-order valence-corrected chi connectivity index (χ4v) is 3.98. The third kappa shape index (κ3) is 2.12. The summed E-state index contributed by atoms with van der Waals surface area (Å²) in [6.07, 6.45) is 2.02. The van der Waals surface area contributed by atoms with Crippen LogP contribution in [-0.4, -0.2) is 15.3 Å². The average molecular weight is 372 g/mol. The van der Waals surface area contributed by atoms with Crippen molar-refractivity contribution in [1.82, 2.24) is 9.38 Å². The summed E-state index contributed by atoms with van der Waals surface area (Å²) in [6.45, 7) is 0. The molecular formula is C16H10BrN3OS. The SMILES string of the molecule is NC(=O)c1ccc(-c2cn3c(n2)sc2cc(Br)ccc23)cc1. The number of benzene rings is 2. The molecule has 0 unspecified atom stereocenters. The molecule has 22 heavy (non-hydrogen) atoms. The Kier molecular flexibility index (Phi) is 3.02. The molecule has 4 rings (SSSR count). The van der Waals surface area contributed by atoms with Gasteiger partial charge in [-0.3, -0.25) is 9.20 Å². The molecule has 0 bridgehead atoms. The van der Waals surface area contributed by atoms with E-state index < -0.39 is 5.91 Å². The van der Waals surface area contributed by atoms with E-state index in [0.717, 1.165) is 26.2 Å². The van der Waals surface area contributed by atoms with Crippen LogP contribution in [0.4, 0.5) is 0 Å². The normalized spacial score (nSPS) is 11.3. The van der Waals surface area contributed by atoms with Crippen molar-refractivity contribution < 1.29 is 4.79 Å². The Balaban J connectivity index is 1.84. The van der Waals surface area contributed by atoms with Crippen LogP contribution < -0.4 is 5.73 Å². The van der Waals surface area contributed by atoms with E-state index >= 15 is 0 Å². The Morgan fingerprint density at radius 2 is 1.95 bits per heavy atom. The number of fused-ring (bicyclic) bond motifs is 3. The zero-order chi connectivity index (χ0) is 15.3. The zero-order valence-electron chi connectivity index (χ0n) is 11.3. The minimum Gasteiger partial charge on any atom is -0.366 e. The van der Waals surface area contributed by atoms with Gasteiger partial charge < -0.3 is 5.73 Å². The van der Waals surface area contributed by atoms with Crippen LogP contribution in [-0.2, 0) is 0 Å². The topological polar surface area (TPSA) is 60.4 Å². The number of aromatic nitrogens is 2. The summed E-state index contributed by atoms with van der Waals surface area (Å²) in [5.41, 5.74) is 8.74. The van der Waals surface area contributed by atoms with Gasteiger partial charge in [-0.2, -0.15) is 0 Å². The van der Waals surface area contributed by atoms with E-state index in [1.807, 2.05) is 24.4 Å². The van der Waals surface area contributed by atoms with Gasteiger partial charge in [0.05, 0.1) is 15.9 Å². The lowest BCUT2D eigenvalue weighted by atomic mass is 10.1. The molecule has 6 heteroatoms. The lowest BCUT2D eigenvalue weighted by Crippen LogP contribution is -2.10. The van der Waals surface area contributed by atoms with E-state index in [2.05, 4.69) is 37.4 Å². The van der Waals surface area contributed by atoms with Crippen LogP contribution in [0.1, 0.15) is 10.4 Å². The van der Waals surface area contributed by atoms with Crippen LogP contribution >= 0.6 is 27.3 Å². The van der Waals surface area contributed by atoms with E-state index in [1.165, 1.54) is 4.70 Å². The Morgan fingerprint density at radius 1 is 1.18 bits per heavy atom. The molecule has 4 aromatic rings. The van der Waals surface area contributed by atoms with Crippen LogP contribution in [0, 0.1) is 0 Å². The van der Waals surface area contributed by atoms with Crippen molar-refractivity contribution in [2.75, 3.05) is 0 Å². The second-order valence-corrected chi connectivity index (χ2v) is 6.86. The maximum absolute atomic E-state index is 11.1. The molecular weight excluding hydrogens is 362 g/mol. The van der Waals surface area contributed by atoms with Crippen LogP contribution in [0.2, 0.25) is 0 Å². The Bertz CT molecular complexity index is 1020. The first kappa shape index (κ1) is 13.5. The van der Waals surface area contributed by atoms with Gasteiger partial charge >= 0.3 is 0 Å². The number of nitrogens with two attached hydrogens (primary N) is 1. The van der Waals surface area contributed by atoms with Crippen molar-refractivity contribution in [3.8, 4) is 11.3 Å². The highest BCUT2D eigenvalue weighted by Crippen LogP contribution is 2.31. The number of carbonyl (C=O) groups excluding carboxylic acids is 1. The summed E-state index contributed by atoms with van der Waals surface area (Å²) in [6, 6.07) is 13.4. The standard InChI is InChI=1S/C16H10BrN3OS/c17-11-5-6-13-14(7-11)22-16-19-12(8-20(13)16)9-1-3-10(4-2-9)15(18)21/h1-8H,(H2,18,21). The van der Waals surface area contributed by atoms with Gasteiger partial charge in [0.15, 0.2) is 4.96 Å². The fourth-order valence-electron chi connectivity index (χ4n) is 2.42. The first-order chi connectivity index (χ1) is 10.6. The number of amides is 1. The molecule has 0 aliphatic rings. The van der Waals surface area contributed by atoms with E-state index in [4.69, 9.17) is 5.73 Å². The first-order valence-electron chi connectivity index (χ1n) is 6.59. The molecule has 0 aliphatic heterocycles. The minimum absolute atomic E-state index is 0.422. The van der Waals surface area contributed by atoms with Crippen LogP contribution in [0.5, 0.6) is 0 Å². The summed E-state index contributed by atoms with van der Waals surface area (Å²) in [5, 5.41) is 0. The predicted octanol–water partition coefficient (Wildman–Crippen LogP) is 4.08. The largest absolute Gasteiger partial charge is 0.366 e. The Labute approximate surface area is 138 Å². The van der Waals surface area contributed by atoms with Gasteiger partial charge in [0.25, 0.3) is 0 Å². The molecule has 2 aromatic heterocycles. The Morgan fingerprint density at radius 3 is 2.68 bits per heavy atom. The molecule has 0 radical (unpaired) electrons. The average Bonchev–Trinajstić information content (AvgIpc) is 3.04. The molecule has 2 aromatic carbocycles. The molecule has 0 atom stereocenters. The number of halogens is 1. The summed E-state index contributed by atoms with van der Waals surface area (Å²) < 4.78 is 4.34. The van der Waals surface area contributed by atoms with Gasteiger partial charge in [-0.25, -0.2) is 4.98 Å². The second kappa shape index (κ2) is 4.93. The first-order valence-corrected chi connectivity index (χ1v) is 8.20. The maximum Gasteiger partial charge on any atom is 0.248 e. The lowest BCUT2D eigenvalue weighted by molar-refractivity contribution is 0.100. The van der Waals surface area contributed by atoms with Crippen molar-refractivity contribution in [3.05, 3.63) is 58.7 Å². The van der Waals surface area contributed by atoms with Crippen molar-refractivity contribution >= 4 is 48.4 Å². The Hall–Kier alpha value is -2.18. The second-order valence-electron chi connectivity index (χ2n) is 4.93. The van der Waals surface area contributed by atoms with E-state index in [-0.39, 0.29) is 0 Å². The maximum atomic E-state index is 11.1. The fraction of sp³-hybridized carbons (Fsp3) is 0. The molecule has 0 saturated carbocycles. The van der Waals surface area contributed by atoms with Gasteiger partial charge in [0.2, 0.25) is 5.91 Å². The molecule has 4 nitrogen and oxygen atoms in total. The third-order valence-electron chi connectivity index (χ3n) is 3.52. The minimum atomic E-state index is -0.422. The number of nitrogens with zero attached hydrogens (tertiary/aromatic N) is 2. The summed E-state index contributed by atoms with van der Waals surface area (Å²) >= 11 is 5.13. The highest BCUT2D eigenvalue weighted by atomic mass is 79.9. The predicted molar refractivity (Wildman–Crippen MR) is 92.2 cm³/mol. The van der Waals surface area contributed by atoms with Gasteiger partial charge in [-0.05, 0) is 30.3 Å². The van der Waals surface area contributed by atoms with Crippen molar-refractivity contribution in [1.29, 1.82) is 0 Å². The number of carbonyl (C=O) groups is 1. The highest BCUT2D eigenvalue weighted by Gasteiger charge is 2.11. The molecule has 0 spiro atoms. The summed E-state index contributed by atoms with van der Waals surface area (Å²) in [7, 11) is 0. The smallest absolute Gasteiger partial charge is 0.248 e. The number of primary amides is 1. The van der Waals surface area contributed by atoms with Gasteiger partial charge in [-0.1, -0.05) is 39.4 Å². The van der Waals surface area contributed by atoms with E-state index in [0.29, 0.717) is 5.56 Å². The number of thiazole rings is 1. The van der Waals surface area contributed by atoms with E-state index in [9.17, 15) is 4.79 Å². The molecule has 0 saturated heterocycles. The van der Waals surface area contributed by atoms with Crippen LogP contribution in [0.15, 0.2) is 53.1 Å². The molecule has 1 amide bonds. The van der Waals surface area contributed by atoms with Crippen molar-refractivity contribution in [2.24, 2.45) is 5.73 Å². The molecule has 0 fully saturated rings. The molecule has 108 valence electrons. The van der Waals surface area contributed by atoms with Gasteiger partial charge in [0.1, 0.15) is 0 Å². The quantitative estimate of drug-likeness (QED) is 0.577. The number of hydrogen-bond donors (Lipinski definition) is 1.